The molecule has 10 nitrogen and oxygen atoms in total. The van der Waals surface area contributed by atoms with Gasteiger partial charge in [0.25, 0.3) is 0 Å². The number of carbonyl (C=O) groups excluding carboxylic acids is 1. The molecule has 36 heavy (non-hydrogen) atoms. The number of aromatic nitrogens is 6. The summed E-state index contributed by atoms with van der Waals surface area (Å²) in [7, 11) is 0. The Kier molecular flexibility index (Phi) is 5.63. The minimum Gasteiger partial charge on any atom is -0.321 e. The van der Waals surface area contributed by atoms with Crippen molar-refractivity contribution in [2.75, 3.05) is 24.5 Å². The number of rotatable bonds is 6. The minimum absolute atomic E-state index is 0.0128. The predicted octanol–water partition coefficient (Wildman–Crippen LogP) is 3.34. The molecular weight excluding hydrogens is 461 g/mol. The molecule has 2 N–H and O–H groups in total. The molecule has 0 saturated carbocycles. The highest BCUT2D eigenvalue weighted by atomic mass is 19.1. The molecule has 4 aromatic rings. The molecule has 2 unspecified atom stereocenters. The van der Waals surface area contributed by atoms with Crippen molar-refractivity contribution in [1.82, 2.24) is 40.0 Å². The molecule has 186 valence electrons. The summed E-state index contributed by atoms with van der Waals surface area (Å²) in [6, 6.07) is 7.06. The number of hydrogen-bond donors (Lipinski definition) is 2. The molecule has 2 atom stereocenters. The van der Waals surface area contributed by atoms with Gasteiger partial charge in [-0.3, -0.25) is 10.00 Å². The van der Waals surface area contributed by atoms with Crippen LogP contribution in [0.25, 0.3) is 28.2 Å². The van der Waals surface area contributed by atoms with Crippen LogP contribution in [0.5, 0.6) is 0 Å². The van der Waals surface area contributed by atoms with Crippen molar-refractivity contribution in [3.05, 3.63) is 48.8 Å². The monoisotopic (exact) mass is 489 g/mol. The number of amides is 2. The summed E-state index contributed by atoms with van der Waals surface area (Å²) in [6.45, 7) is 6.64. The van der Waals surface area contributed by atoms with Crippen LogP contribution in [0.4, 0.5) is 15.0 Å². The second-order valence-corrected chi connectivity index (χ2v) is 9.80. The van der Waals surface area contributed by atoms with E-state index in [1.807, 2.05) is 15.9 Å². The normalized spacial score (nSPS) is 20.4. The van der Waals surface area contributed by atoms with Crippen molar-refractivity contribution in [3.63, 3.8) is 0 Å². The van der Waals surface area contributed by atoms with Crippen LogP contribution in [-0.4, -0.2) is 72.4 Å². The van der Waals surface area contributed by atoms with Gasteiger partial charge in [0.2, 0.25) is 0 Å². The number of nitrogens with zero attached hydrogens (tertiary/aromatic N) is 7. The average Bonchev–Trinajstić information content (AvgIpc) is 3.67. The number of carbonyl (C=O) groups is 1. The number of hydrogen-bond acceptors (Lipinski definition) is 6. The number of aromatic amines is 1. The van der Waals surface area contributed by atoms with E-state index < -0.39 is 5.82 Å². The Morgan fingerprint density at radius 1 is 1.22 bits per heavy atom. The lowest BCUT2D eigenvalue weighted by molar-refractivity contribution is 0.215. The van der Waals surface area contributed by atoms with Crippen LogP contribution in [0, 0.1) is 11.7 Å². The van der Waals surface area contributed by atoms with Gasteiger partial charge < -0.3 is 10.2 Å². The van der Waals surface area contributed by atoms with Crippen LogP contribution >= 0.6 is 0 Å². The van der Waals surface area contributed by atoms with Gasteiger partial charge in [0.1, 0.15) is 18.0 Å². The van der Waals surface area contributed by atoms with Gasteiger partial charge in [-0.25, -0.2) is 23.7 Å². The highest BCUT2D eigenvalue weighted by Crippen LogP contribution is 2.32. The first-order chi connectivity index (χ1) is 17.5. The molecule has 1 aromatic carbocycles. The van der Waals surface area contributed by atoms with Gasteiger partial charge in [-0.2, -0.15) is 10.2 Å². The largest absolute Gasteiger partial charge is 0.326 e. The third-order valence-electron chi connectivity index (χ3n) is 7.14. The molecule has 0 bridgehead atoms. The van der Waals surface area contributed by atoms with Gasteiger partial charge in [-0.15, -0.1) is 0 Å². The van der Waals surface area contributed by atoms with Crippen LogP contribution in [0.15, 0.2) is 43.0 Å². The molecule has 0 aliphatic carbocycles. The van der Waals surface area contributed by atoms with Gasteiger partial charge in [-0.1, -0.05) is 19.9 Å². The van der Waals surface area contributed by atoms with E-state index in [9.17, 15) is 9.18 Å². The lowest BCUT2D eigenvalue weighted by Crippen LogP contribution is -2.41. The van der Waals surface area contributed by atoms with Crippen LogP contribution in [0.3, 0.4) is 0 Å². The minimum atomic E-state index is -0.425. The Hall–Kier alpha value is -3.86. The number of halogens is 1. The lowest BCUT2D eigenvalue weighted by atomic mass is 10.0. The van der Waals surface area contributed by atoms with Crippen molar-refractivity contribution in [3.8, 4) is 22.5 Å². The first kappa shape index (κ1) is 22.6. The number of nitrogens with one attached hydrogen (secondary N) is 2. The topological polar surface area (TPSA) is 107 Å². The second-order valence-electron chi connectivity index (χ2n) is 9.80. The van der Waals surface area contributed by atoms with Crippen LogP contribution in [-0.2, 0) is 0 Å². The van der Waals surface area contributed by atoms with Crippen molar-refractivity contribution < 1.29 is 9.18 Å². The van der Waals surface area contributed by atoms with Crippen molar-refractivity contribution in [2.24, 2.45) is 5.92 Å². The fourth-order valence-corrected chi connectivity index (χ4v) is 5.19. The zero-order valence-electron chi connectivity index (χ0n) is 20.2. The number of H-pyrrole nitrogens is 1. The molecule has 11 heteroatoms. The van der Waals surface area contributed by atoms with Gasteiger partial charge in [-0.05, 0) is 49.1 Å². The summed E-state index contributed by atoms with van der Waals surface area (Å²) in [5.41, 5.74) is 2.21. The van der Waals surface area contributed by atoms with E-state index in [0.717, 1.165) is 19.4 Å². The van der Waals surface area contributed by atoms with Crippen LogP contribution in [0.1, 0.15) is 26.7 Å². The van der Waals surface area contributed by atoms with Crippen LogP contribution in [0.2, 0.25) is 0 Å². The molecule has 6 rings (SSSR count). The molecule has 3 aromatic heterocycles. The first-order valence-electron chi connectivity index (χ1n) is 12.3. The molecule has 2 aliphatic rings. The summed E-state index contributed by atoms with van der Waals surface area (Å²) in [4.78, 5) is 26.2. The molecule has 2 amide bonds. The van der Waals surface area contributed by atoms with E-state index in [-0.39, 0.29) is 18.0 Å². The molecule has 2 fully saturated rings. The third kappa shape index (κ3) is 3.89. The van der Waals surface area contributed by atoms with Gasteiger partial charge >= 0.3 is 6.03 Å². The quantitative estimate of drug-likeness (QED) is 0.430. The summed E-state index contributed by atoms with van der Waals surface area (Å²) >= 11 is 0. The number of fused-ring (bicyclic) bond motifs is 1. The molecular formula is C25H28FN9O. The maximum atomic E-state index is 14.9. The Balaban J connectivity index is 1.34. The smallest absolute Gasteiger partial charge is 0.321 e. The fraction of sp³-hybridized carbons (Fsp3) is 0.400. The SMILES string of the molecule is CC(C)C1CN(CC2CCCN2)C(=O)N1c1ccn2ncc(-c3ccc(-c4ncn[nH]4)c(F)c3)c2n1. The number of anilines is 1. The number of benzene rings is 1. The fourth-order valence-electron chi connectivity index (χ4n) is 5.19. The summed E-state index contributed by atoms with van der Waals surface area (Å²) < 4.78 is 16.6. The molecule has 2 saturated heterocycles. The number of urea groups is 1. The summed E-state index contributed by atoms with van der Waals surface area (Å²) in [5, 5.41) is 14.4. The van der Waals surface area contributed by atoms with Crippen molar-refractivity contribution in [1.29, 1.82) is 0 Å². The Labute approximate surface area is 207 Å². The zero-order valence-corrected chi connectivity index (χ0v) is 20.2. The summed E-state index contributed by atoms with van der Waals surface area (Å²) in [6.07, 6.45) is 7.04. The van der Waals surface area contributed by atoms with E-state index >= 15 is 0 Å². The maximum absolute atomic E-state index is 14.9. The average molecular weight is 490 g/mol. The first-order valence-corrected chi connectivity index (χ1v) is 12.3. The van der Waals surface area contributed by atoms with Gasteiger partial charge in [0, 0.05) is 30.9 Å². The molecule has 0 radical (unpaired) electrons. The second kappa shape index (κ2) is 8.98. The standard InChI is InChI=1S/C25H28FN9O/c1-15(2)21-13-33(12-17-4-3-8-27-17)25(36)35(21)22-7-9-34-24(31-22)19(11-30-34)16-5-6-18(20(26)10-16)23-28-14-29-32-23/h5-7,9-11,14-15,17,21,27H,3-4,8,12-13H2,1-2H3,(H,28,29,32). The van der Waals surface area contributed by atoms with E-state index in [4.69, 9.17) is 4.98 Å². The van der Waals surface area contributed by atoms with Gasteiger partial charge in [0.15, 0.2) is 11.5 Å². The Morgan fingerprint density at radius 2 is 2.11 bits per heavy atom. The van der Waals surface area contributed by atoms with Crippen LogP contribution < -0.4 is 10.2 Å². The third-order valence-corrected chi connectivity index (χ3v) is 7.14. The van der Waals surface area contributed by atoms with E-state index in [1.165, 1.54) is 12.4 Å². The van der Waals surface area contributed by atoms with Crippen molar-refractivity contribution >= 4 is 17.5 Å². The van der Waals surface area contributed by atoms with E-state index in [2.05, 4.69) is 39.4 Å². The van der Waals surface area contributed by atoms with Gasteiger partial charge in [0.05, 0.1) is 17.8 Å². The molecule has 0 spiro atoms. The lowest BCUT2D eigenvalue weighted by Gasteiger charge is -2.25. The zero-order chi connectivity index (χ0) is 24.8. The summed E-state index contributed by atoms with van der Waals surface area (Å²) in [5.74, 6) is 0.777. The predicted molar refractivity (Wildman–Crippen MR) is 133 cm³/mol. The van der Waals surface area contributed by atoms with E-state index in [1.54, 1.807) is 29.0 Å². The highest BCUT2D eigenvalue weighted by Gasteiger charge is 2.41. The highest BCUT2D eigenvalue weighted by molar-refractivity contribution is 5.94. The Morgan fingerprint density at radius 3 is 2.83 bits per heavy atom. The van der Waals surface area contributed by atoms with Crippen molar-refractivity contribution in [2.45, 2.75) is 38.8 Å². The molecule has 2 aliphatic heterocycles. The maximum Gasteiger partial charge on any atom is 0.326 e. The Bertz CT molecular complexity index is 1390. The molecule has 5 heterocycles. The van der Waals surface area contributed by atoms with E-state index in [0.29, 0.717) is 53.1 Å².